The number of para-hydroxylation sites is 1. The van der Waals surface area contributed by atoms with Gasteiger partial charge in [0.1, 0.15) is 18.5 Å². The van der Waals surface area contributed by atoms with Gasteiger partial charge >= 0.3 is 6.09 Å². The first-order chi connectivity index (χ1) is 15.5. The number of benzene rings is 2. The van der Waals surface area contributed by atoms with Gasteiger partial charge in [-0.1, -0.05) is 31.2 Å². The number of anilines is 1. The Morgan fingerprint density at radius 3 is 2.75 bits per heavy atom. The van der Waals surface area contributed by atoms with E-state index in [1.165, 1.54) is 11.6 Å². The lowest BCUT2D eigenvalue weighted by Gasteiger charge is -2.24. The van der Waals surface area contributed by atoms with Crippen LogP contribution in [0, 0.1) is 5.92 Å². The fourth-order valence-corrected chi connectivity index (χ4v) is 3.07. The van der Waals surface area contributed by atoms with E-state index >= 15 is 0 Å². The van der Waals surface area contributed by atoms with E-state index in [-0.39, 0.29) is 20.0 Å². The molecule has 1 aliphatic heterocycles. The molecule has 2 aromatic rings. The number of amides is 2. The molecule has 0 bridgehead atoms. The van der Waals surface area contributed by atoms with Crippen LogP contribution < -0.4 is 25.0 Å². The van der Waals surface area contributed by atoms with Gasteiger partial charge in [0, 0.05) is 29.3 Å². The van der Waals surface area contributed by atoms with E-state index in [2.05, 4.69) is 5.32 Å². The number of rotatable bonds is 9. The average Bonchev–Trinajstić information content (AvgIpc) is 3.27. The molecule has 2 amide bonds. The van der Waals surface area contributed by atoms with Gasteiger partial charge in [-0.3, -0.25) is 15.3 Å². The normalized spacial score (nSPS) is 14.0. The summed E-state index contributed by atoms with van der Waals surface area (Å²) >= 11 is 0. The number of fused-ring (bicyclic) bond motifs is 1. The Balaban J connectivity index is 1.81. The lowest BCUT2D eigenvalue weighted by atomic mass is 9.96. The van der Waals surface area contributed by atoms with Crippen LogP contribution in [-0.4, -0.2) is 42.3 Å². The molecule has 10 nitrogen and oxygen atoms in total. The van der Waals surface area contributed by atoms with E-state index in [0.29, 0.717) is 28.5 Å². The van der Waals surface area contributed by atoms with Crippen LogP contribution in [0.2, 0.25) is 0 Å². The largest absolute Gasteiger partial charge is 0.491 e. The number of hydrogen-bond donors (Lipinski definition) is 4. The van der Waals surface area contributed by atoms with Crippen LogP contribution in [0.5, 0.6) is 17.2 Å². The number of hydrogen-bond acceptors (Lipinski definition) is 8. The van der Waals surface area contributed by atoms with Gasteiger partial charge in [0.15, 0.2) is 11.5 Å². The minimum Gasteiger partial charge on any atom is -0.491 e. The zero-order valence-electron chi connectivity index (χ0n) is 17.3. The van der Waals surface area contributed by atoms with Crippen molar-refractivity contribution in [3.63, 3.8) is 0 Å². The molecule has 0 saturated carbocycles. The smallest absolute Gasteiger partial charge is 0.412 e. The number of aliphatic hydroxyl groups is 1. The number of hydroxylamine groups is 1. The van der Waals surface area contributed by atoms with Gasteiger partial charge in [-0.2, -0.15) is 0 Å². The highest BCUT2D eigenvalue weighted by Gasteiger charge is 2.26. The Labute approximate surface area is 184 Å². The van der Waals surface area contributed by atoms with Gasteiger partial charge < -0.3 is 24.1 Å². The van der Waals surface area contributed by atoms with Crippen molar-refractivity contribution in [2.24, 2.45) is 5.92 Å². The van der Waals surface area contributed by atoms with Crippen LogP contribution in [0.1, 0.15) is 18.6 Å². The quantitative estimate of drug-likeness (QED) is 0.263. The van der Waals surface area contributed by atoms with Crippen molar-refractivity contribution in [2.75, 3.05) is 25.3 Å². The highest BCUT2D eigenvalue weighted by atomic mass is 16.7. The molecule has 0 fully saturated rings. The van der Waals surface area contributed by atoms with E-state index < -0.39 is 24.0 Å². The summed E-state index contributed by atoms with van der Waals surface area (Å²) in [7, 11) is 0. The van der Waals surface area contributed by atoms with Crippen molar-refractivity contribution in [2.45, 2.75) is 13.0 Å². The molecule has 0 aliphatic carbocycles. The Bertz CT molecular complexity index is 978. The predicted octanol–water partition coefficient (Wildman–Crippen LogP) is 2.77. The number of nitrogens with one attached hydrogen (secondary N) is 2. The van der Waals surface area contributed by atoms with Crippen LogP contribution in [0.15, 0.2) is 54.6 Å². The lowest BCUT2D eigenvalue weighted by Crippen LogP contribution is -2.22. The Hall–Kier alpha value is -3.76. The van der Waals surface area contributed by atoms with Crippen LogP contribution in [0.4, 0.5) is 10.5 Å². The zero-order valence-corrected chi connectivity index (χ0v) is 17.3. The average molecular weight is 444 g/mol. The van der Waals surface area contributed by atoms with E-state index in [1.807, 2.05) is 0 Å². The second-order valence-electron chi connectivity index (χ2n) is 6.82. The molecule has 3 rings (SSSR count). The van der Waals surface area contributed by atoms with Crippen molar-refractivity contribution in [1.29, 1.82) is 0 Å². The van der Waals surface area contributed by atoms with Gasteiger partial charge in [-0.05, 0) is 18.2 Å². The molecular formula is C22H24N2O8. The van der Waals surface area contributed by atoms with Gasteiger partial charge in [0.05, 0.1) is 6.61 Å². The third-order valence-corrected chi connectivity index (χ3v) is 4.57. The summed E-state index contributed by atoms with van der Waals surface area (Å²) in [5, 5.41) is 20.5. The number of aliphatic hydroxyl groups excluding tert-OH is 1. The van der Waals surface area contributed by atoms with Gasteiger partial charge in [-0.25, -0.2) is 10.3 Å². The van der Waals surface area contributed by atoms with Crippen molar-refractivity contribution in [3.8, 4) is 17.2 Å². The molecule has 4 N–H and O–H groups in total. The fourth-order valence-electron chi connectivity index (χ4n) is 3.07. The summed E-state index contributed by atoms with van der Waals surface area (Å²) in [6.45, 7) is 1.73. The molecule has 170 valence electrons. The molecular weight excluding hydrogens is 420 g/mol. The monoisotopic (exact) mass is 444 g/mol. The minimum atomic E-state index is -0.846. The molecule has 1 aliphatic rings. The lowest BCUT2D eigenvalue weighted by molar-refractivity contribution is -0.124. The van der Waals surface area contributed by atoms with Gasteiger partial charge in [-0.15, -0.1) is 0 Å². The maximum atomic E-state index is 12.7. The molecule has 10 heteroatoms. The zero-order chi connectivity index (χ0) is 22.9. The maximum absolute atomic E-state index is 12.7. The number of carbonyl (C=O) groups is 2. The first kappa shape index (κ1) is 22.9. The number of carbonyl (C=O) groups excluding carboxylic acids is 2. The summed E-state index contributed by atoms with van der Waals surface area (Å²) in [4.78, 5) is 24.1. The van der Waals surface area contributed by atoms with Crippen molar-refractivity contribution in [3.05, 3.63) is 60.2 Å². The molecule has 0 unspecified atom stereocenters. The predicted molar refractivity (Wildman–Crippen MR) is 113 cm³/mol. The van der Waals surface area contributed by atoms with Crippen LogP contribution in [-0.2, 0) is 9.53 Å². The standard InChI is InChI=1S/C22H24N2O8/c1-14(6-9-20(26)24-28)21(16-4-2-3-5-17(16)29-11-10-25)32-22(27)23-15-7-8-18-19(12-15)31-13-30-18/h2-9,12,14,21,25,28H,10-11,13H2,1H3,(H,23,27)(H,24,26)/b9-6+/t14-,21+/m1/s1. The van der Waals surface area contributed by atoms with Crippen molar-refractivity contribution in [1.82, 2.24) is 5.48 Å². The van der Waals surface area contributed by atoms with E-state index in [0.717, 1.165) is 6.08 Å². The van der Waals surface area contributed by atoms with Crippen molar-refractivity contribution >= 4 is 17.7 Å². The highest BCUT2D eigenvalue weighted by Crippen LogP contribution is 2.36. The van der Waals surface area contributed by atoms with Crippen molar-refractivity contribution < 1.29 is 38.9 Å². The molecule has 0 radical (unpaired) electrons. The summed E-state index contributed by atoms with van der Waals surface area (Å²) in [5.74, 6) is 0.319. The SMILES string of the molecule is C[C@H](/C=C/C(=O)NO)[C@H](OC(=O)Nc1ccc2c(c1)OCO2)c1ccccc1OCCO. The maximum Gasteiger partial charge on any atom is 0.412 e. The highest BCUT2D eigenvalue weighted by molar-refractivity contribution is 5.86. The van der Waals surface area contributed by atoms with Crippen LogP contribution in [0.25, 0.3) is 0 Å². The number of ether oxygens (including phenoxy) is 4. The second kappa shape index (κ2) is 11.0. The Morgan fingerprint density at radius 2 is 1.97 bits per heavy atom. The third kappa shape index (κ3) is 5.90. The molecule has 1 heterocycles. The molecule has 2 atom stereocenters. The van der Waals surface area contributed by atoms with E-state index in [1.54, 1.807) is 49.4 Å². The summed E-state index contributed by atoms with van der Waals surface area (Å²) in [5.41, 5.74) is 2.51. The Morgan fingerprint density at radius 1 is 1.19 bits per heavy atom. The summed E-state index contributed by atoms with van der Waals surface area (Å²) < 4.78 is 21.8. The van der Waals surface area contributed by atoms with Crippen LogP contribution in [0.3, 0.4) is 0 Å². The first-order valence-corrected chi connectivity index (χ1v) is 9.84. The third-order valence-electron chi connectivity index (χ3n) is 4.57. The van der Waals surface area contributed by atoms with Gasteiger partial charge in [0.25, 0.3) is 5.91 Å². The summed E-state index contributed by atoms with van der Waals surface area (Å²) in [6, 6.07) is 11.9. The topological polar surface area (TPSA) is 136 Å². The molecule has 0 aromatic heterocycles. The summed E-state index contributed by atoms with van der Waals surface area (Å²) in [6.07, 6.45) is 1.04. The van der Waals surface area contributed by atoms with E-state index in [9.17, 15) is 9.59 Å². The van der Waals surface area contributed by atoms with Crippen LogP contribution >= 0.6 is 0 Å². The first-order valence-electron chi connectivity index (χ1n) is 9.84. The molecule has 0 spiro atoms. The second-order valence-corrected chi connectivity index (χ2v) is 6.82. The van der Waals surface area contributed by atoms with E-state index in [4.69, 9.17) is 29.3 Å². The Kier molecular flexibility index (Phi) is 7.90. The fraction of sp³-hybridized carbons (Fsp3) is 0.273. The minimum absolute atomic E-state index is 0.0598. The van der Waals surface area contributed by atoms with Gasteiger partial charge in [0.2, 0.25) is 6.79 Å². The molecule has 32 heavy (non-hydrogen) atoms. The molecule has 2 aromatic carbocycles. The molecule has 0 saturated heterocycles.